The molecule has 9 heteroatoms. The number of non-ortho nitro benzene ring substituents is 1. The Balaban J connectivity index is 0.00000361. The lowest BCUT2D eigenvalue weighted by molar-refractivity contribution is -0.384. The van der Waals surface area contributed by atoms with Gasteiger partial charge in [-0.15, -0.1) is 12.4 Å². The highest BCUT2D eigenvalue weighted by Gasteiger charge is 2.27. The number of nitro benzene ring substituents is 1. The van der Waals surface area contributed by atoms with Gasteiger partial charge in [-0.3, -0.25) is 14.9 Å². The zero-order valence-corrected chi connectivity index (χ0v) is 11.4. The molecule has 1 amide bonds. The van der Waals surface area contributed by atoms with Crippen molar-refractivity contribution in [1.82, 2.24) is 5.32 Å². The molecule has 112 valence electrons. The van der Waals surface area contributed by atoms with Crippen LogP contribution in [0.3, 0.4) is 0 Å². The summed E-state index contributed by atoms with van der Waals surface area (Å²) in [5, 5.41) is 12.6. The third-order valence-electron chi connectivity index (χ3n) is 2.34. The second-order valence-electron chi connectivity index (χ2n) is 4.06. The average molecular weight is 310 g/mol. The van der Waals surface area contributed by atoms with Crippen LogP contribution in [0.4, 0.5) is 14.5 Å². The van der Waals surface area contributed by atoms with E-state index in [4.69, 9.17) is 5.73 Å². The number of nitrogens with zero attached hydrogens (tertiary/aromatic N) is 1. The van der Waals surface area contributed by atoms with Crippen LogP contribution in [0, 0.1) is 17.0 Å². The number of nitro groups is 1. The van der Waals surface area contributed by atoms with E-state index >= 15 is 0 Å². The Morgan fingerprint density at radius 1 is 1.45 bits per heavy atom. The Hall–Kier alpha value is -1.80. The molecule has 0 aromatic heterocycles. The van der Waals surface area contributed by atoms with E-state index < -0.39 is 29.8 Å². The van der Waals surface area contributed by atoms with Gasteiger partial charge in [-0.25, -0.2) is 8.78 Å². The Bertz CT molecular complexity index is 512. The van der Waals surface area contributed by atoms with Gasteiger partial charge in [-0.2, -0.15) is 0 Å². The molecule has 0 saturated heterocycles. The number of carbonyl (C=O) groups excluding carboxylic acids is 1. The van der Waals surface area contributed by atoms with Crippen LogP contribution in [0.25, 0.3) is 0 Å². The predicted octanol–water partition coefficient (Wildman–Crippen LogP) is 1.65. The number of nitrogens with one attached hydrogen (secondary N) is 1. The third kappa shape index (κ3) is 5.06. The first-order chi connectivity index (χ1) is 8.75. The molecule has 1 aromatic rings. The van der Waals surface area contributed by atoms with E-state index in [1.54, 1.807) is 6.92 Å². The van der Waals surface area contributed by atoms with Gasteiger partial charge in [-0.05, 0) is 18.6 Å². The fraction of sp³-hybridized carbons (Fsp3) is 0.364. The fourth-order valence-electron chi connectivity index (χ4n) is 1.38. The highest BCUT2D eigenvalue weighted by molar-refractivity contribution is 5.95. The predicted molar refractivity (Wildman–Crippen MR) is 71.4 cm³/mol. The lowest BCUT2D eigenvalue weighted by Gasteiger charge is -2.14. The van der Waals surface area contributed by atoms with Crippen molar-refractivity contribution >= 4 is 24.0 Å². The number of hydrogen-bond donors (Lipinski definition) is 2. The summed E-state index contributed by atoms with van der Waals surface area (Å²) in [6.07, 6.45) is 0. The lowest BCUT2D eigenvalue weighted by Crippen LogP contribution is -2.41. The van der Waals surface area contributed by atoms with Crippen LogP contribution in [0.15, 0.2) is 18.2 Å². The Morgan fingerprint density at radius 3 is 2.55 bits per heavy atom. The maximum atomic E-state index is 12.9. The number of rotatable bonds is 5. The first kappa shape index (κ1) is 18.2. The molecular formula is C11H14ClF2N3O3. The smallest absolute Gasteiger partial charge is 0.277 e. The molecule has 0 aliphatic rings. The van der Waals surface area contributed by atoms with E-state index in [-0.39, 0.29) is 23.7 Å². The van der Waals surface area contributed by atoms with E-state index in [1.807, 2.05) is 5.32 Å². The molecule has 0 spiro atoms. The van der Waals surface area contributed by atoms with Crippen LogP contribution in [0.2, 0.25) is 0 Å². The summed E-state index contributed by atoms with van der Waals surface area (Å²) in [7, 11) is 0. The zero-order chi connectivity index (χ0) is 14.6. The Morgan fingerprint density at radius 2 is 2.05 bits per heavy atom. The molecule has 0 bridgehead atoms. The van der Waals surface area contributed by atoms with Crippen LogP contribution < -0.4 is 11.1 Å². The first-order valence-corrected chi connectivity index (χ1v) is 5.37. The number of nitrogens with two attached hydrogens (primary N) is 1. The Labute approximate surface area is 119 Å². The summed E-state index contributed by atoms with van der Waals surface area (Å²) in [4.78, 5) is 21.6. The number of alkyl halides is 2. The van der Waals surface area contributed by atoms with Gasteiger partial charge in [-0.1, -0.05) is 0 Å². The zero-order valence-electron chi connectivity index (χ0n) is 10.6. The summed E-state index contributed by atoms with van der Waals surface area (Å²) >= 11 is 0. The van der Waals surface area contributed by atoms with Crippen molar-refractivity contribution < 1.29 is 18.5 Å². The standard InChI is InChI=1S/C11H13F2N3O3.ClH/c1-7-2-8(4-9(3-7)16(18)19)10(17)15-6-11(12,13)5-14;/h2-4H,5-6,14H2,1H3,(H,15,17);1H. The van der Waals surface area contributed by atoms with Crippen molar-refractivity contribution in [2.45, 2.75) is 12.8 Å². The lowest BCUT2D eigenvalue weighted by atomic mass is 10.1. The highest BCUT2D eigenvalue weighted by atomic mass is 35.5. The SMILES string of the molecule is Cc1cc(C(=O)NCC(F)(F)CN)cc([N+](=O)[O-])c1.Cl. The van der Waals surface area contributed by atoms with Gasteiger partial charge in [0.15, 0.2) is 0 Å². The fourth-order valence-corrected chi connectivity index (χ4v) is 1.38. The molecule has 6 nitrogen and oxygen atoms in total. The molecule has 3 N–H and O–H groups in total. The minimum absolute atomic E-state index is 0. The summed E-state index contributed by atoms with van der Waals surface area (Å²) in [6, 6.07) is 3.69. The Kier molecular flexibility index (Phi) is 6.47. The molecule has 1 aromatic carbocycles. The number of hydrogen-bond acceptors (Lipinski definition) is 4. The quantitative estimate of drug-likeness (QED) is 0.638. The first-order valence-electron chi connectivity index (χ1n) is 5.37. The monoisotopic (exact) mass is 309 g/mol. The summed E-state index contributed by atoms with van der Waals surface area (Å²) in [6.45, 7) is -0.233. The van der Waals surface area contributed by atoms with Crippen LogP contribution in [0.5, 0.6) is 0 Å². The molecule has 0 fully saturated rings. The molecule has 0 heterocycles. The maximum absolute atomic E-state index is 12.9. The maximum Gasteiger partial charge on any atom is 0.277 e. The second-order valence-corrected chi connectivity index (χ2v) is 4.06. The number of carbonyl (C=O) groups is 1. The van der Waals surface area contributed by atoms with Crippen LogP contribution in [-0.4, -0.2) is 29.8 Å². The minimum Gasteiger partial charge on any atom is -0.346 e. The highest BCUT2D eigenvalue weighted by Crippen LogP contribution is 2.17. The van der Waals surface area contributed by atoms with E-state index in [0.717, 1.165) is 6.07 Å². The summed E-state index contributed by atoms with van der Waals surface area (Å²) < 4.78 is 25.7. The van der Waals surface area contributed by atoms with Crippen molar-refractivity contribution in [2.24, 2.45) is 5.73 Å². The largest absolute Gasteiger partial charge is 0.346 e. The van der Waals surface area contributed by atoms with Gasteiger partial charge < -0.3 is 11.1 Å². The molecule has 0 aliphatic carbocycles. The number of amides is 1. The van der Waals surface area contributed by atoms with E-state index in [1.165, 1.54) is 12.1 Å². The normalized spacial score (nSPS) is 10.6. The average Bonchev–Trinajstić information content (AvgIpc) is 2.35. The van der Waals surface area contributed by atoms with Crippen molar-refractivity contribution in [3.63, 3.8) is 0 Å². The van der Waals surface area contributed by atoms with Crippen LogP contribution in [0.1, 0.15) is 15.9 Å². The molecular weight excluding hydrogens is 296 g/mol. The molecule has 20 heavy (non-hydrogen) atoms. The number of aryl methyl sites for hydroxylation is 1. The summed E-state index contributed by atoms with van der Waals surface area (Å²) in [5.74, 6) is -4.01. The summed E-state index contributed by atoms with van der Waals surface area (Å²) in [5.41, 5.74) is 5.01. The van der Waals surface area contributed by atoms with Gasteiger partial charge in [0.05, 0.1) is 18.0 Å². The van der Waals surface area contributed by atoms with Crippen molar-refractivity contribution in [3.8, 4) is 0 Å². The molecule has 0 atom stereocenters. The molecule has 0 radical (unpaired) electrons. The number of halogens is 3. The molecule has 0 saturated carbocycles. The van der Waals surface area contributed by atoms with E-state index in [9.17, 15) is 23.7 Å². The van der Waals surface area contributed by atoms with E-state index in [2.05, 4.69) is 0 Å². The second kappa shape index (κ2) is 7.11. The molecule has 1 rings (SSSR count). The van der Waals surface area contributed by atoms with Gasteiger partial charge >= 0.3 is 0 Å². The van der Waals surface area contributed by atoms with Gasteiger partial charge in [0.2, 0.25) is 0 Å². The number of benzene rings is 1. The minimum atomic E-state index is -3.20. The van der Waals surface area contributed by atoms with Crippen molar-refractivity contribution in [1.29, 1.82) is 0 Å². The molecule has 0 aliphatic heterocycles. The van der Waals surface area contributed by atoms with Crippen LogP contribution >= 0.6 is 12.4 Å². The topological polar surface area (TPSA) is 98.3 Å². The van der Waals surface area contributed by atoms with E-state index in [0.29, 0.717) is 5.56 Å². The van der Waals surface area contributed by atoms with Crippen molar-refractivity contribution in [2.75, 3.05) is 13.1 Å². The van der Waals surface area contributed by atoms with Crippen LogP contribution in [-0.2, 0) is 0 Å². The van der Waals surface area contributed by atoms with Gasteiger partial charge in [0, 0.05) is 17.7 Å². The van der Waals surface area contributed by atoms with Gasteiger partial charge in [0.1, 0.15) is 0 Å². The van der Waals surface area contributed by atoms with Gasteiger partial charge in [0.25, 0.3) is 17.5 Å². The van der Waals surface area contributed by atoms with Crippen molar-refractivity contribution in [3.05, 3.63) is 39.4 Å². The third-order valence-corrected chi connectivity index (χ3v) is 2.34. The molecule has 0 unspecified atom stereocenters.